The van der Waals surface area contributed by atoms with Crippen molar-refractivity contribution in [2.45, 2.75) is 6.04 Å². The molecule has 4 rings (SSSR count). The molecule has 0 spiro atoms. The van der Waals surface area contributed by atoms with Gasteiger partial charge in [-0.15, -0.1) is 12.4 Å². The quantitative estimate of drug-likeness (QED) is 0.843. The van der Waals surface area contributed by atoms with Gasteiger partial charge in [-0.1, -0.05) is 5.16 Å². The molecule has 1 aromatic carbocycles. The number of nitrogens with zero attached hydrogens (tertiary/aromatic N) is 3. The van der Waals surface area contributed by atoms with Crippen LogP contribution in [0.1, 0.15) is 23.3 Å². The molecule has 2 aliphatic heterocycles. The first-order valence-electron chi connectivity index (χ1n) is 8.65. The third-order valence-electron chi connectivity index (χ3n) is 4.54. The van der Waals surface area contributed by atoms with Gasteiger partial charge >= 0.3 is 0 Å². The maximum Gasteiger partial charge on any atom is 0.250 e. The summed E-state index contributed by atoms with van der Waals surface area (Å²) in [6, 6.07) is 3.92. The molecule has 27 heavy (non-hydrogen) atoms. The van der Waals surface area contributed by atoms with Gasteiger partial charge in [-0.25, -0.2) is 0 Å². The lowest BCUT2D eigenvalue weighted by Crippen LogP contribution is -2.44. The molecule has 8 nitrogen and oxygen atoms in total. The molecule has 2 aromatic rings. The molecule has 1 unspecified atom stereocenters. The molecule has 0 aliphatic carbocycles. The van der Waals surface area contributed by atoms with E-state index < -0.39 is 0 Å². The minimum Gasteiger partial charge on any atom is -0.493 e. The molecule has 9 heteroatoms. The lowest BCUT2D eigenvalue weighted by Gasteiger charge is -2.30. The summed E-state index contributed by atoms with van der Waals surface area (Å²) in [6.07, 6.45) is 3.68. The highest BCUT2D eigenvalue weighted by Crippen LogP contribution is 2.40. The Hall–Kier alpha value is -2.29. The van der Waals surface area contributed by atoms with Crippen LogP contribution in [-0.2, 0) is 0 Å². The SMILES string of the molecule is COc1cc(/C=C/c2nc(C3CNCCN3C)no2)cc2c1OCCO2.Cl. The lowest BCUT2D eigenvalue weighted by molar-refractivity contribution is 0.165. The monoisotopic (exact) mass is 394 g/mol. The molecular weight excluding hydrogens is 372 g/mol. The van der Waals surface area contributed by atoms with E-state index in [2.05, 4.69) is 27.4 Å². The highest BCUT2D eigenvalue weighted by molar-refractivity contribution is 5.85. The van der Waals surface area contributed by atoms with E-state index in [1.165, 1.54) is 0 Å². The van der Waals surface area contributed by atoms with Crippen LogP contribution in [0.5, 0.6) is 17.2 Å². The fourth-order valence-corrected chi connectivity index (χ4v) is 3.10. The summed E-state index contributed by atoms with van der Waals surface area (Å²) in [6.45, 7) is 3.80. The van der Waals surface area contributed by atoms with Gasteiger partial charge in [0.25, 0.3) is 5.89 Å². The molecule has 1 atom stereocenters. The fraction of sp³-hybridized carbons (Fsp3) is 0.444. The molecule has 1 N–H and O–H groups in total. The van der Waals surface area contributed by atoms with Crippen LogP contribution in [-0.4, -0.2) is 62.0 Å². The molecule has 0 bridgehead atoms. The summed E-state index contributed by atoms with van der Waals surface area (Å²) in [5.74, 6) is 3.12. The summed E-state index contributed by atoms with van der Waals surface area (Å²) >= 11 is 0. The van der Waals surface area contributed by atoms with Gasteiger partial charge in [-0.05, 0) is 30.8 Å². The van der Waals surface area contributed by atoms with Crippen molar-refractivity contribution in [3.05, 3.63) is 29.4 Å². The first kappa shape index (κ1) is 19.5. The molecule has 0 saturated carbocycles. The fourth-order valence-electron chi connectivity index (χ4n) is 3.10. The van der Waals surface area contributed by atoms with Gasteiger partial charge in [-0.3, -0.25) is 4.90 Å². The average molecular weight is 395 g/mol. The van der Waals surface area contributed by atoms with Gasteiger partial charge in [0.05, 0.1) is 13.2 Å². The predicted octanol–water partition coefficient (Wildman–Crippen LogP) is 2.02. The summed E-state index contributed by atoms with van der Waals surface area (Å²) in [5, 5.41) is 7.47. The Morgan fingerprint density at radius 1 is 1.26 bits per heavy atom. The van der Waals surface area contributed by atoms with E-state index in [-0.39, 0.29) is 18.4 Å². The maximum absolute atomic E-state index is 5.65. The third kappa shape index (κ3) is 4.18. The molecule has 1 fully saturated rings. The van der Waals surface area contributed by atoms with Gasteiger partial charge in [0.2, 0.25) is 5.75 Å². The number of nitrogens with one attached hydrogen (secondary N) is 1. The van der Waals surface area contributed by atoms with Crippen LogP contribution in [0.2, 0.25) is 0 Å². The van der Waals surface area contributed by atoms with E-state index in [4.69, 9.17) is 18.7 Å². The van der Waals surface area contributed by atoms with Crippen molar-refractivity contribution >= 4 is 24.6 Å². The number of hydrogen-bond acceptors (Lipinski definition) is 8. The summed E-state index contributed by atoms with van der Waals surface area (Å²) in [7, 11) is 3.68. The van der Waals surface area contributed by atoms with Crippen molar-refractivity contribution in [3.8, 4) is 17.2 Å². The largest absolute Gasteiger partial charge is 0.493 e. The Labute approximate surface area is 163 Å². The number of ether oxygens (including phenoxy) is 3. The van der Waals surface area contributed by atoms with Gasteiger partial charge in [0.1, 0.15) is 13.2 Å². The van der Waals surface area contributed by atoms with Crippen molar-refractivity contribution in [2.75, 3.05) is 47.0 Å². The number of fused-ring (bicyclic) bond motifs is 1. The molecule has 2 aliphatic rings. The highest BCUT2D eigenvalue weighted by atomic mass is 35.5. The number of aromatic nitrogens is 2. The Morgan fingerprint density at radius 3 is 2.93 bits per heavy atom. The number of methoxy groups -OCH3 is 1. The first-order valence-corrected chi connectivity index (χ1v) is 8.65. The van der Waals surface area contributed by atoms with Gasteiger partial charge in [0, 0.05) is 25.7 Å². The van der Waals surface area contributed by atoms with E-state index in [1.807, 2.05) is 18.2 Å². The Kier molecular flexibility index (Phi) is 6.20. The van der Waals surface area contributed by atoms with E-state index in [9.17, 15) is 0 Å². The van der Waals surface area contributed by atoms with E-state index in [0.29, 0.717) is 42.2 Å². The smallest absolute Gasteiger partial charge is 0.250 e. The van der Waals surface area contributed by atoms with E-state index in [0.717, 1.165) is 25.2 Å². The number of halogens is 1. The number of rotatable bonds is 4. The number of piperazine rings is 1. The minimum atomic E-state index is 0. The Bertz CT molecular complexity index is 793. The predicted molar refractivity (Wildman–Crippen MR) is 103 cm³/mol. The average Bonchev–Trinajstić information content (AvgIpc) is 3.15. The number of hydrogen-bond donors (Lipinski definition) is 1. The molecule has 0 amide bonds. The highest BCUT2D eigenvalue weighted by Gasteiger charge is 2.24. The zero-order valence-corrected chi connectivity index (χ0v) is 16.1. The Balaban J connectivity index is 0.00000210. The van der Waals surface area contributed by atoms with Crippen LogP contribution < -0.4 is 19.5 Å². The second kappa shape index (κ2) is 8.60. The zero-order chi connectivity index (χ0) is 17.9. The van der Waals surface area contributed by atoms with Crippen LogP contribution in [0.4, 0.5) is 0 Å². The van der Waals surface area contributed by atoms with Crippen LogP contribution in [0.15, 0.2) is 16.7 Å². The molecule has 3 heterocycles. The second-order valence-electron chi connectivity index (χ2n) is 6.27. The summed E-state index contributed by atoms with van der Waals surface area (Å²) < 4.78 is 22.0. The molecule has 1 aromatic heterocycles. The molecule has 0 radical (unpaired) electrons. The number of likely N-dealkylation sites (N-methyl/N-ethyl adjacent to an activating group) is 1. The van der Waals surface area contributed by atoms with Crippen molar-refractivity contribution in [3.63, 3.8) is 0 Å². The van der Waals surface area contributed by atoms with E-state index >= 15 is 0 Å². The zero-order valence-electron chi connectivity index (χ0n) is 15.3. The van der Waals surface area contributed by atoms with Gasteiger partial charge in [0.15, 0.2) is 17.3 Å². The first-order chi connectivity index (χ1) is 12.7. The normalized spacial score (nSPS) is 19.7. The van der Waals surface area contributed by atoms with E-state index in [1.54, 1.807) is 13.2 Å². The van der Waals surface area contributed by atoms with Crippen LogP contribution in [0.25, 0.3) is 12.2 Å². The van der Waals surface area contributed by atoms with Crippen molar-refractivity contribution in [1.82, 2.24) is 20.4 Å². The third-order valence-corrected chi connectivity index (χ3v) is 4.54. The molecular formula is C18H23ClN4O4. The lowest BCUT2D eigenvalue weighted by atomic mass is 10.1. The second-order valence-corrected chi connectivity index (χ2v) is 6.27. The summed E-state index contributed by atoms with van der Waals surface area (Å²) in [4.78, 5) is 6.72. The topological polar surface area (TPSA) is 81.9 Å². The van der Waals surface area contributed by atoms with Crippen molar-refractivity contribution in [1.29, 1.82) is 0 Å². The summed E-state index contributed by atoms with van der Waals surface area (Å²) in [5.41, 5.74) is 0.905. The molecule has 146 valence electrons. The van der Waals surface area contributed by atoms with Crippen LogP contribution in [0.3, 0.4) is 0 Å². The molecule has 1 saturated heterocycles. The minimum absolute atomic E-state index is 0. The van der Waals surface area contributed by atoms with Crippen molar-refractivity contribution < 1.29 is 18.7 Å². The van der Waals surface area contributed by atoms with Crippen molar-refractivity contribution in [2.24, 2.45) is 0 Å². The Morgan fingerprint density at radius 2 is 2.11 bits per heavy atom. The number of benzene rings is 1. The standard InChI is InChI=1S/C18H22N4O4.ClH/c1-22-6-5-19-11-13(22)18-20-16(26-21-18)4-3-12-9-14(23-2)17-15(10-12)24-7-8-25-17;/h3-4,9-10,13,19H,5-8,11H2,1-2H3;1H/b4-3+;. The van der Waals surface area contributed by atoms with Gasteiger partial charge < -0.3 is 24.1 Å². The maximum atomic E-state index is 5.65. The van der Waals surface area contributed by atoms with Crippen LogP contribution in [0, 0.1) is 0 Å². The van der Waals surface area contributed by atoms with Crippen LogP contribution >= 0.6 is 12.4 Å². The van der Waals surface area contributed by atoms with Gasteiger partial charge in [-0.2, -0.15) is 4.98 Å².